The highest BCUT2D eigenvalue weighted by Crippen LogP contribution is 2.43. The molecule has 1 fully saturated rings. The second-order valence-electron chi connectivity index (χ2n) is 8.99. The number of rotatable bonds is 5. The monoisotopic (exact) mass is 499 g/mol. The second kappa shape index (κ2) is 9.46. The summed E-state index contributed by atoms with van der Waals surface area (Å²) in [6.07, 6.45) is 0.692. The Morgan fingerprint density at radius 3 is 2.49 bits per heavy atom. The first kappa shape index (κ1) is 24.1. The summed E-state index contributed by atoms with van der Waals surface area (Å²) in [5, 5.41) is 11.4. The van der Waals surface area contributed by atoms with Crippen LogP contribution in [-0.4, -0.2) is 36.0 Å². The molecule has 0 spiro atoms. The lowest BCUT2D eigenvalue weighted by Gasteiger charge is -2.26. The minimum atomic E-state index is -0.929. The molecule has 2 heterocycles. The van der Waals surface area contributed by atoms with E-state index in [-0.39, 0.29) is 17.4 Å². The topological polar surface area (TPSA) is 102 Å². The van der Waals surface area contributed by atoms with Crippen LogP contribution in [0.4, 0.5) is 5.69 Å². The van der Waals surface area contributed by atoms with Gasteiger partial charge >= 0.3 is 5.97 Å². The van der Waals surface area contributed by atoms with Crippen LogP contribution in [-0.2, 0) is 20.8 Å². The molecule has 2 unspecified atom stereocenters. The highest BCUT2D eigenvalue weighted by Gasteiger charge is 2.47. The number of Topliss-reactive ketones (excluding diaryl/α,β-unsaturated/α-hetero) is 1. The van der Waals surface area contributed by atoms with Gasteiger partial charge in [-0.2, -0.15) is 0 Å². The molecule has 1 amide bonds. The highest BCUT2D eigenvalue weighted by atomic mass is 16.5. The average Bonchev–Trinajstić information content (AvgIpc) is 3.39. The number of carbonyl (C=O) groups is 3. The van der Waals surface area contributed by atoms with E-state index in [4.69, 9.17) is 14.2 Å². The minimum absolute atomic E-state index is 0.0155. The molecular formula is C29H25NO7. The zero-order chi connectivity index (χ0) is 26.3. The number of carbonyl (C=O) groups excluding carboxylic acids is 3. The highest BCUT2D eigenvalue weighted by molar-refractivity contribution is 6.51. The maximum absolute atomic E-state index is 13.4. The Bertz CT molecular complexity index is 1440. The van der Waals surface area contributed by atoms with Crippen LogP contribution in [0.25, 0.3) is 5.76 Å². The predicted octanol–water partition coefficient (Wildman–Crippen LogP) is 4.57. The van der Waals surface area contributed by atoms with Gasteiger partial charge in [0.2, 0.25) is 0 Å². The van der Waals surface area contributed by atoms with E-state index in [0.717, 1.165) is 11.3 Å². The van der Waals surface area contributed by atoms with Crippen LogP contribution >= 0.6 is 0 Å². The minimum Gasteiger partial charge on any atom is -0.507 e. The molecule has 1 saturated heterocycles. The molecule has 2 aliphatic rings. The van der Waals surface area contributed by atoms with Crippen LogP contribution in [0.15, 0.2) is 72.3 Å². The molecule has 8 heteroatoms. The molecule has 0 saturated carbocycles. The Morgan fingerprint density at radius 1 is 1.03 bits per heavy atom. The first-order chi connectivity index (χ1) is 17.8. The standard InChI is InChI=1S/C29H25NO7/c1-16-13-20-14-19(9-12-24(20)36-16)27(32)25-26(18-7-10-22(11-8-18)37-17(2)31)30(29(34)28(25)33)21-5-4-6-23(15-21)35-3/h4-12,14-16,26,32H,13H2,1-3H3/b27-25-. The molecule has 37 heavy (non-hydrogen) atoms. The molecule has 0 aliphatic carbocycles. The van der Waals surface area contributed by atoms with Crippen LogP contribution in [0, 0.1) is 0 Å². The lowest BCUT2D eigenvalue weighted by molar-refractivity contribution is -0.132. The molecule has 0 aromatic heterocycles. The fourth-order valence-corrected chi connectivity index (χ4v) is 4.78. The quantitative estimate of drug-likeness (QED) is 0.180. The number of fused-ring (bicyclic) bond motifs is 1. The van der Waals surface area contributed by atoms with Crippen molar-refractivity contribution in [3.05, 3.63) is 89.0 Å². The van der Waals surface area contributed by atoms with Gasteiger partial charge in [-0.25, -0.2) is 0 Å². The van der Waals surface area contributed by atoms with Crippen molar-refractivity contribution < 1.29 is 33.7 Å². The zero-order valence-electron chi connectivity index (χ0n) is 20.6. The molecule has 2 atom stereocenters. The third-order valence-electron chi connectivity index (χ3n) is 6.40. The molecule has 3 aromatic rings. The van der Waals surface area contributed by atoms with Gasteiger partial charge in [-0.3, -0.25) is 19.3 Å². The molecule has 2 aliphatic heterocycles. The normalized spacial score (nSPS) is 19.9. The lowest BCUT2D eigenvalue weighted by Crippen LogP contribution is -2.29. The Hall–Kier alpha value is -4.59. The fourth-order valence-electron chi connectivity index (χ4n) is 4.78. The Morgan fingerprint density at radius 2 is 1.78 bits per heavy atom. The van der Waals surface area contributed by atoms with E-state index < -0.39 is 23.7 Å². The zero-order valence-corrected chi connectivity index (χ0v) is 20.6. The van der Waals surface area contributed by atoms with Crippen molar-refractivity contribution >= 4 is 29.1 Å². The Balaban J connectivity index is 1.66. The number of ketones is 1. The molecule has 5 rings (SSSR count). The summed E-state index contributed by atoms with van der Waals surface area (Å²) in [7, 11) is 1.51. The summed E-state index contributed by atoms with van der Waals surface area (Å²) < 4.78 is 16.2. The van der Waals surface area contributed by atoms with Gasteiger partial charge in [-0.05, 0) is 60.5 Å². The number of aliphatic hydroxyl groups excluding tert-OH is 1. The molecule has 8 nitrogen and oxygen atoms in total. The van der Waals surface area contributed by atoms with Gasteiger partial charge in [-0.15, -0.1) is 0 Å². The SMILES string of the molecule is COc1cccc(N2C(=O)C(=O)/C(=C(\O)c3ccc4c(c3)CC(C)O4)C2c2ccc(OC(C)=O)cc2)c1. The van der Waals surface area contributed by atoms with Crippen LogP contribution < -0.4 is 19.1 Å². The number of aliphatic hydroxyl groups is 1. The first-order valence-electron chi connectivity index (χ1n) is 11.8. The average molecular weight is 500 g/mol. The lowest BCUT2D eigenvalue weighted by atomic mass is 9.94. The van der Waals surface area contributed by atoms with Gasteiger partial charge in [0.15, 0.2) is 0 Å². The molecule has 0 radical (unpaired) electrons. The van der Waals surface area contributed by atoms with E-state index in [1.807, 2.05) is 6.92 Å². The third kappa shape index (κ3) is 4.42. The van der Waals surface area contributed by atoms with Gasteiger partial charge in [0.1, 0.15) is 29.1 Å². The van der Waals surface area contributed by atoms with Crippen molar-refractivity contribution in [1.82, 2.24) is 0 Å². The molecule has 3 aromatic carbocycles. The van der Waals surface area contributed by atoms with E-state index >= 15 is 0 Å². The summed E-state index contributed by atoms with van der Waals surface area (Å²) in [4.78, 5) is 39.5. The van der Waals surface area contributed by atoms with Crippen molar-refractivity contribution in [2.24, 2.45) is 0 Å². The number of anilines is 1. The number of amides is 1. The number of hydrogen-bond donors (Lipinski definition) is 1. The van der Waals surface area contributed by atoms with E-state index in [0.29, 0.717) is 34.7 Å². The number of nitrogens with zero attached hydrogens (tertiary/aromatic N) is 1. The maximum atomic E-state index is 13.4. The summed E-state index contributed by atoms with van der Waals surface area (Å²) >= 11 is 0. The van der Waals surface area contributed by atoms with Crippen molar-refractivity contribution in [1.29, 1.82) is 0 Å². The van der Waals surface area contributed by atoms with E-state index in [2.05, 4.69) is 0 Å². The van der Waals surface area contributed by atoms with Crippen LogP contribution in [0.1, 0.15) is 36.6 Å². The number of benzene rings is 3. The number of methoxy groups -OCH3 is 1. The van der Waals surface area contributed by atoms with Gasteiger partial charge in [-0.1, -0.05) is 18.2 Å². The molecule has 0 bridgehead atoms. The van der Waals surface area contributed by atoms with Gasteiger partial charge in [0.05, 0.1) is 18.7 Å². The Kier molecular flexibility index (Phi) is 6.17. The largest absolute Gasteiger partial charge is 0.507 e. The van der Waals surface area contributed by atoms with Crippen molar-refractivity contribution in [3.63, 3.8) is 0 Å². The number of ether oxygens (including phenoxy) is 3. The molecular weight excluding hydrogens is 474 g/mol. The summed E-state index contributed by atoms with van der Waals surface area (Å²) in [6, 6.07) is 17.6. The van der Waals surface area contributed by atoms with Crippen LogP contribution in [0.5, 0.6) is 17.2 Å². The van der Waals surface area contributed by atoms with E-state index in [9.17, 15) is 19.5 Å². The number of esters is 1. The van der Waals surface area contributed by atoms with E-state index in [1.54, 1.807) is 66.7 Å². The van der Waals surface area contributed by atoms with Crippen LogP contribution in [0.2, 0.25) is 0 Å². The van der Waals surface area contributed by atoms with Crippen molar-refractivity contribution in [2.75, 3.05) is 12.0 Å². The summed E-state index contributed by atoms with van der Waals surface area (Å²) in [5.41, 5.74) is 2.28. The fraction of sp³-hybridized carbons (Fsp3) is 0.207. The maximum Gasteiger partial charge on any atom is 0.308 e. The van der Waals surface area contributed by atoms with Gasteiger partial charge in [0.25, 0.3) is 11.7 Å². The second-order valence-corrected chi connectivity index (χ2v) is 8.99. The van der Waals surface area contributed by atoms with Crippen molar-refractivity contribution in [3.8, 4) is 17.2 Å². The smallest absolute Gasteiger partial charge is 0.308 e. The molecule has 1 N–H and O–H groups in total. The predicted molar refractivity (Wildman–Crippen MR) is 136 cm³/mol. The molecule has 188 valence electrons. The van der Waals surface area contributed by atoms with Crippen molar-refractivity contribution in [2.45, 2.75) is 32.4 Å². The summed E-state index contributed by atoms with van der Waals surface area (Å²) in [6.45, 7) is 3.26. The van der Waals surface area contributed by atoms with Gasteiger partial charge < -0.3 is 19.3 Å². The summed E-state index contributed by atoms with van der Waals surface area (Å²) in [5.74, 6) is -0.760. The third-order valence-corrected chi connectivity index (χ3v) is 6.40. The first-order valence-corrected chi connectivity index (χ1v) is 11.8. The van der Waals surface area contributed by atoms with Gasteiger partial charge in [0, 0.05) is 30.7 Å². The number of hydrogen-bond acceptors (Lipinski definition) is 7. The van der Waals surface area contributed by atoms with E-state index in [1.165, 1.54) is 18.9 Å². The van der Waals surface area contributed by atoms with Crippen LogP contribution in [0.3, 0.4) is 0 Å². The Labute approximate surface area is 213 Å².